The van der Waals surface area contributed by atoms with Gasteiger partial charge in [-0.2, -0.15) is 0 Å². The third-order valence-electron chi connectivity index (χ3n) is 2.15. The average molecular weight is 229 g/mol. The Labute approximate surface area is 90.8 Å². The summed E-state index contributed by atoms with van der Waals surface area (Å²) in [5.41, 5.74) is 2.00. The Balaban J connectivity index is 2.51. The van der Waals surface area contributed by atoms with Crippen molar-refractivity contribution in [1.82, 2.24) is 0 Å². The number of aliphatic carboxylic acids is 1. The lowest BCUT2D eigenvalue weighted by Crippen LogP contribution is -1.99. The molecule has 0 radical (unpaired) electrons. The van der Waals surface area contributed by atoms with Gasteiger partial charge in [-0.3, -0.25) is 0 Å². The van der Waals surface area contributed by atoms with Crippen LogP contribution in [0.15, 0.2) is 17.7 Å². The van der Waals surface area contributed by atoms with E-state index in [1.807, 2.05) is 0 Å². The second-order valence-corrected chi connectivity index (χ2v) is 3.96. The first-order chi connectivity index (χ1) is 6.58. The van der Waals surface area contributed by atoms with Crippen LogP contribution in [0.4, 0.5) is 0 Å². The van der Waals surface area contributed by atoms with Gasteiger partial charge in [-0.15, -0.1) is 0 Å². The molecule has 2 rings (SSSR count). The molecule has 0 atom stereocenters. The second kappa shape index (κ2) is 3.30. The van der Waals surface area contributed by atoms with E-state index in [0.717, 1.165) is 11.1 Å². The van der Waals surface area contributed by atoms with Gasteiger partial charge in [-0.25, -0.2) is 4.79 Å². The number of halogens is 2. The maximum atomic E-state index is 10.7. The van der Waals surface area contributed by atoms with Crippen molar-refractivity contribution in [1.29, 1.82) is 0 Å². The van der Waals surface area contributed by atoms with Crippen molar-refractivity contribution in [3.05, 3.63) is 38.9 Å². The highest BCUT2D eigenvalue weighted by molar-refractivity contribution is 6.36. The van der Waals surface area contributed by atoms with Crippen LogP contribution in [0.25, 0.3) is 6.08 Å². The topological polar surface area (TPSA) is 37.3 Å². The SMILES string of the molecule is O=C(O)C1=Cc2c(Cl)cc(Cl)cc2C1. The Kier molecular flexibility index (Phi) is 2.25. The van der Waals surface area contributed by atoms with Crippen LogP contribution < -0.4 is 0 Å². The number of benzene rings is 1. The molecule has 1 aliphatic carbocycles. The van der Waals surface area contributed by atoms with Crippen molar-refractivity contribution in [2.45, 2.75) is 6.42 Å². The zero-order chi connectivity index (χ0) is 10.3. The molecule has 0 heterocycles. The summed E-state index contributed by atoms with van der Waals surface area (Å²) >= 11 is 11.7. The summed E-state index contributed by atoms with van der Waals surface area (Å²) in [6, 6.07) is 3.36. The van der Waals surface area contributed by atoms with Gasteiger partial charge in [-0.05, 0) is 29.3 Å². The molecule has 0 amide bonds. The summed E-state index contributed by atoms with van der Waals surface area (Å²) in [4.78, 5) is 10.7. The first kappa shape index (κ1) is 9.56. The highest BCUT2D eigenvalue weighted by atomic mass is 35.5. The molecule has 72 valence electrons. The molecule has 1 N–H and O–H groups in total. The van der Waals surface area contributed by atoms with Crippen molar-refractivity contribution in [3.63, 3.8) is 0 Å². The molecule has 1 aromatic carbocycles. The zero-order valence-corrected chi connectivity index (χ0v) is 8.56. The van der Waals surface area contributed by atoms with Gasteiger partial charge in [-0.1, -0.05) is 23.2 Å². The molecular weight excluding hydrogens is 223 g/mol. The molecule has 0 saturated heterocycles. The Hall–Kier alpha value is -0.990. The molecule has 0 aromatic heterocycles. The fourth-order valence-electron chi connectivity index (χ4n) is 1.51. The lowest BCUT2D eigenvalue weighted by molar-refractivity contribution is -0.132. The molecule has 14 heavy (non-hydrogen) atoms. The van der Waals surface area contributed by atoms with E-state index >= 15 is 0 Å². The first-order valence-corrected chi connectivity index (χ1v) is 4.75. The summed E-state index contributed by atoms with van der Waals surface area (Å²) in [5, 5.41) is 9.84. The maximum absolute atomic E-state index is 10.7. The Morgan fingerprint density at radius 2 is 2.07 bits per heavy atom. The lowest BCUT2D eigenvalue weighted by atomic mass is 10.1. The van der Waals surface area contributed by atoms with E-state index in [1.54, 1.807) is 18.2 Å². The number of fused-ring (bicyclic) bond motifs is 1. The number of carbonyl (C=O) groups is 1. The Bertz CT molecular complexity index is 450. The molecule has 0 aliphatic heterocycles. The third kappa shape index (κ3) is 1.51. The molecule has 0 saturated carbocycles. The van der Waals surface area contributed by atoms with Gasteiger partial charge in [0.25, 0.3) is 0 Å². The van der Waals surface area contributed by atoms with E-state index in [1.165, 1.54) is 0 Å². The van der Waals surface area contributed by atoms with Crippen LogP contribution in [-0.2, 0) is 11.2 Å². The quantitative estimate of drug-likeness (QED) is 0.803. The van der Waals surface area contributed by atoms with Crippen molar-refractivity contribution < 1.29 is 9.90 Å². The largest absolute Gasteiger partial charge is 0.478 e. The molecule has 0 spiro atoms. The van der Waals surface area contributed by atoms with Crippen LogP contribution in [0.5, 0.6) is 0 Å². The highest BCUT2D eigenvalue weighted by Crippen LogP contribution is 2.33. The molecule has 0 fully saturated rings. The van der Waals surface area contributed by atoms with E-state index in [4.69, 9.17) is 28.3 Å². The fraction of sp³-hybridized carbons (Fsp3) is 0.100. The van der Waals surface area contributed by atoms with Crippen LogP contribution in [0.3, 0.4) is 0 Å². The maximum Gasteiger partial charge on any atom is 0.331 e. The fourth-order valence-corrected chi connectivity index (χ4v) is 2.10. The first-order valence-electron chi connectivity index (χ1n) is 3.99. The Morgan fingerprint density at radius 3 is 2.71 bits per heavy atom. The van der Waals surface area contributed by atoms with Gasteiger partial charge < -0.3 is 5.11 Å². The van der Waals surface area contributed by atoms with Crippen LogP contribution in [-0.4, -0.2) is 11.1 Å². The van der Waals surface area contributed by atoms with Gasteiger partial charge in [0.15, 0.2) is 0 Å². The lowest BCUT2D eigenvalue weighted by Gasteiger charge is -2.01. The second-order valence-electron chi connectivity index (χ2n) is 3.11. The van der Waals surface area contributed by atoms with E-state index in [0.29, 0.717) is 22.0 Å². The van der Waals surface area contributed by atoms with Crippen LogP contribution >= 0.6 is 23.2 Å². The standard InChI is InChI=1S/C10H6Cl2O2/c11-7-2-5-1-6(10(13)14)3-8(5)9(12)4-7/h2-4H,1H2,(H,13,14). The molecule has 1 aromatic rings. The minimum Gasteiger partial charge on any atom is -0.478 e. The zero-order valence-electron chi connectivity index (χ0n) is 7.05. The molecule has 2 nitrogen and oxygen atoms in total. The number of carboxylic acid groups (broad SMARTS) is 1. The monoisotopic (exact) mass is 228 g/mol. The van der Waals surface area contributed by atoms with E-state index in [-0.39, 0.29) is 0 Å². The number of hydrogen-bond acceptors (Lipinski definition) is 1. The van der Waals surface area contributed by atoms with Crippen LogP contribution in [0, 0.1) is 0 Å². The number of rotatable bonds is 1. The van der Waals surface area contributed by atoms with Crippen molar-refractivity contribution in [2.24, 2.45) is 0 Å². The predicted octanol–water partition coefficient (Wildman–Crippen LogP) is 3.02. The van der Waals surface area contributed by atoms with Gasteiger partial charge >= 0.3 is 5.97 Å². The van der Waals surface area contributed by atoms with Gasteiger partial charge in [0, 0.05) is 22.0 Å². The minimum absolute atomic E-state index is 0.351. The molecule has 1 aliphatic rings. The summed E-state index contributed by atoms with van der Waals surface area (Å²) in [5.74, 6) is -0.909. The van der Waals surface area contributed by atoms with Crippen molar-refractivity contribution in [3.8, 4) is 0 Å². The normalized spacial score (nSPS) is 13.7. The van der Waals surface area contributed by atoms with Crippen LogP contribution in [0.1, 0.15) is 11.1 Å². The Morgan fingerprint density at radius 1 is 1.36 bits per heavy atom. The average Bonchev–Trinajstić information content (AvgIpc) is 2.47. The summed E-state index contributed by atoms with van der Waals surface area (Å²) in [6.45, 7) is 0. The summed E-state index contributed by atoms with van der Waals surface area (Å²) in [6.07, 6.45) is 1.99. The van der Waals surface area contributed by atoms with Gasteiger partial charge in [0.05, 0.1) is 0 Å². The van der Waals surface area contributed by atoms with E-state index in [2.05, 4.69) is 0 Å². The van der Waals surface area contributed by atoms with Crippen molar-refractivity contribution in [2.75, 3.05) is 0 Å². The molecule has 0 bridgehead atoms. The predicted molar refractivity (Wildman–Crippen MR) is 55.8 cm³/mol. The summed E-state index contributed by atoms with van der Waals surface area (Å²) < 4.78 is 0. The highest BCUT2D eigenvalue weighted by Gasteiger charge is 2.20. The smallest absolute Gasteiger partial charge is 0.331 e. The molecular formula is C10H6Cl2O2. The van der Waals surface area contributed by atoms with Gasteiger partial charge in [0.1, 0.15) is 0 Å². The number of carboxylic acids is 1. The minimum atomic E-state index is -0.909. The van der Waals surface area contributed by atoms with E-state index < -0.39 is 5.97 Å². The molecule has 0 unspecified atom stereocenters. The number of hydrogen-bond donors (Lipinski definition) is 1. The third-order valence-corrected chi connectivity index (χ3v) is 2.69. The van der Waals surface area contributed by atoms with E-state index in [9.17, 15) is 4.79 Å². The van der Waals surface area contributed by atoms with Gasteiger partial charge in [0.2, 0.25) is 0 Å². The van der Waals surface area contributed by atoms with Crippen molar-refractivity contribution >= 4 is 35.2 Å². The summed E-state index contributed by atoms with van der Waals surface area (Å²) in [7, 11) is 0. The molecule has 4 heteroatoms. The van der Waals surface area contributed by atoms with Crippen LogP contribution in [0.2, 0.25) is 10.0 Å².